The van der Waals surface area contributed by atoms with Crippen LogP contribution in [0.5, 0.6) is 0 Å². The van der Waals surface area contributed by atoms with Gasteiger partial charge in [-0.1, -0.05) is 0 Å². The maximum atomic E-state index is 11.8. The molecule has 2 amide bonds. The molecular formula is C14H25N3O2. The quantitative estimate of drug-likeness (QED) is 0.707. The lowest BCUT2D eigenvalue weighted by Gasteiger charge is -2.37. The number of carbonyl (C=O) groups excluding carboxylic acids is 1. The lowest BCUT2D eigenvalue weighted by molar-refractivity contribution is -0.0291. The second-order valence-corrected chi connectivity index (χ2v) is 6.45. The fourth-order valence-corrected chi connectivity index (χ4v) is 3.09. The lowest BCUT2D eigenvalue weighted by Crippen LogP contribution is -2.53. The number of nitrogens with one attached hydrogen (secondary N) is 2. The summed E-state index contributed by atoms with van der Waals surface area (Å²) in [5.41, 5.74) is -0.632. The molecule has 5 nitrogen and oxygen atoms in total. The van der Waals surface area contributed by atoms with Crippen LogP contribution >= 0.6 is 0 Å². The van der Waals surface area contributed by atoms with E-state index in [1.165, 1.54) is 12.8 Å². The van der Waals surface area contributed by atoms with Crippen molar-refractivity contribution < 1.29 is 9.90 Å². The minimum absolute atomic E-state index is 0.120. The summed E-state index contributed by atoms with van der Waals surface area (Å²) in [5.74, 6) is 0. The molecule has 5 heteroatoms. The molecule has 3 N–H and O–H groups in total. The highest BCUT2D eigenvalue weighted by Crippen LogP contribution is 2.31. The van der Waals surface area contributed by atoms with Crippen molar-refractivity contribution in [2.75, 3.05) is 19.6 Å². The van der Waals surface area contributed by atoms with E-state index in [9.17, 15) is 9.90 Å². The van der Waals surface area contributed by atoms with E-state index < -0.39 is 5.60 Å². The van der Waals surface area contributed by atoms with Crippen molar-refractivity contribution in [2.45, 2.75) is 62.6 Å². The molecule has 2 aliphatic carbocycles. The molecule has 1 saturated heterocycles. The predicted octanol–water partition coefficient (Wildman–Crippen LogP) is 0.827. The van der Waals surface area contributed by atoms with Crippen LogP contribution in [-0.2, 0) is 0 Å². The van der Waals surface area contributed by atoms with Crippen molar-refractivity contribution in [1.29, 1.82) is 0 Å². The van der Waals surface area contributed by atoms with Gasteiger partial charge >= 0.3 is 6.03 Å². The van der Waals surface area contributed by atoms with Crippen LogP contribution in [0.3, 0.4) is 0 Å². The van der Waals surface area contributed by atoms with Gasteiger partial charge in [0, 0.05) is 31.7 Å². The zero-order valence-electron chi connectivity index (χ0n) is 11.5. The zero-order chi connectivity index (χ0) is 13.3. The standard InChI is InChI=1S/C14H25N3O2/c18-13(15-10-14(19)6-1-7-14)16-11-4-8-17(9-5-11)12-2-3-12/h11-12,19H,1-10H2,(H2,15,16,18). The van der Waals surface area contributed by atoms with E-state index in [0.717, 1.165) is 51.2 Å². The number of carbonyl (C=O) groups is 1. The second-order valence-electron chi connectivity index (χ2n) is 6.45. The highest BCUT2D eigenvalue weighted by molar-refractivity contribution is 5.74. The molecule has 3 aliphatic rings. The van der Waals surface area contributed by atoms with Gasteiger partial charge in [-0.15, -0.1) is 0 Å². The molecule has 2 saturated carbocycles. The molecule has 1 aliphatic heterocycles. The minimum atomic E-state index is -0.632. The molecule has 0 aromatic carbocycles. The van der Waals surface area contributed by atoms with Crippen molar-refractivity contribution in [3.8, 4) is 0 Å². The Morgan fingerprint density at radius 3 is 2.42 bits per heavy atom. The van der Waals surface area contributed by atoms with E-state index in [2.05, 4.69) is 15.5 Å². The third-order valence-electron chi connectivity index (χ3n) is 4.79. The molecule has 19 heavy (non-hydrogen) atoms. The van der Waals surface area contributed by atoms with Crippen LogP contribution in [-0.4, -0.2) is 53.4 Å². The monoisotopic (exact) mass is 267 g/mol. The zero-order valence-corrected chi connectivity index (χ0v) is 11.5. The van der Waals surface area contributed by atoms with Crippen LogP contribution < -0.4 is 10.6 Å². The highest BCUT2D eigenvalue weighted by Gasteiger charge is 2.35. The number of rotatable bonds is 4. The van der Waals surface area contributed by atoms with Gasteiger partial charge in [0.05, 0.1) is 5.60 Å². The first kappa shape index (κ1) is 13.2. The Kier molecular flexibility index (Phi) is 3.67. The van der Waals surface area contributed by atoms with E-state index in [0.29, 0.717) is 12.6 Å². The Morgan fingerprint density at radius 1 is 1.21 bits per heavy atom. The van der Waals surface area contributed by atoms with Crippen molar-refractivity contribution in [3.05, 3.63) is 0 Å². The first-order chi connectivity index (χ1) is 9.15. The Bertz CT molecular complexity index is 332. The number of nitrogens with zero attached hydrogens (tertiary/aromatic N) is 1. The number of piperidine rings is 1. The smallest absolute Gasteiger partial charge is 0.315 e. The van der Waals surface area contributed by atoms with Crippen molar-refractivity contribution in [1.82, 2.24) is 15.5 Å². The first-order valence-corrected chi connectivity index (χ1v) is 7.65. The van der Waals surface area contributed by atoms with E-state index in [1.807, 2.05) is 0 Å². The largest absolute Gasteiger partial charge is 0.388 e. The average molecular weight is 267 g/mol. The molecule has 3 rings (SSSR count). The van der Waals surface area contributed by atoms with Gasteiger partial charge in [-0.25, -0.2) is 4.79 Å². The predicted molar refractivity (Wildman–Crippen MR) is 73.0 cm³/mol. The average Bonchev–Trinajstić information content (AvgIpc) is 3.19. The van der Waals surface area contributed by atoms with Gasteiger partial charge < -0.3 is 20.6 Å². The summed E-state index contributed by atoms with van der Waals surface area (Å²) in [6, 6.07) is 1.01. The third-order valence-corrected chi connectivity index (χ3v) is 4.79. The van der Waals surface area contributed by atoms with Gasteiger partial charge in [-0.3, -0.25) is 0 Å². The van der Waals surface area contributed by atoms with Gasteiger partial charge in [0.1, 0.15) is 0 Å². The molecule has 0 radical (unpaired) electrons. The highest BCUT2D eigenvalue weighted by atomic mass is 16.3. The number of amides is 2. The fraction of sp³-hybridized carbons (Fsp3) is 0.929. The maximum absolute atomic E-state index is 11.8. The summed E-state index contributed by atoms with van der Waals surface area (Å²) in [4.78, 5) is 14.3. The fourth-order valence-electron chi connectivity index (χ4n) is 3.09. The summed E-state index contributed by atoms with van der Waals surface area (Å²) in [7, 11) is 0. The van der Waals surface area contributed by atoms with Gasteiger partial charge in [-0.2, -0.15) is 0 Å². The van der Waals surface area contributed by atoms with Crippen LogP contribution in [0.25, 0.3) is 0 Å². The number of urea groups is 1. The van der Waals surface area contributed by atoms with E-state index in [-0.39, 0.29) is 6.03 Å². The maximum Gasteiger partial charge on any atom is 0.315 e. The molecule has 0 unspecified atom stereocenters. The number of aliphatic hydroxyl groups is 1. The van der Waals surface area contributed by atoms with Crippen LogP contribution in [0.15, 0.2) is 0 Å². The van der Waals surface area contributed by atoms with Gasteiger partial charge in [0.15, 0.2) is 0 Å². The Balaban J connectivity index is 1.33. The molecule has 3 fully saturated rings. The summed E-state index contributed by atoms with van der Waals surface area (Å²) >= 11 is 0. The van der Waals surface area contributed by atoms with Crippen LogP contribution in [0.2, 0.25) is 0 Å². The van der Waals surface area contributed by atoms with E-state index in [4.69, 9.17) is 0 Å². The topological polar surface area (TPSA) is 64.6 Å². The number of likely N-dealkylation sites (tertiary alicyclic amines) is 1. The number of hydrogen-bond donors (Lipinski definition) is 3. The van der Waals surface area contributed by atoms with Crippen LogP contribution in [0, 0.1) is 0 Å². The van der Waals surface area contributed by atoms with Crippen LogP contribution in [0.4, 0.5) is 4.79 Å². The van der Waals surface area contributed by atoms with Gasteiger partial charge in [0.2, 0.25) is 0 Å². The minimum Gasteiger partial charge on any atom is -0.388 e. The molecule has 0 atom stereocenters. The van der Waals surface area contributed by atoms with Crippen molar-refractivity contribution >= 4 is 6.03 Å². The Morgan fingerprint density at radius 2 is 1.89 bits per heavy atom. The van der Waals surface area contributed by atoms with Crippen molar-refractivity contribution in [2.24, 2.45) is 0 Å². The first-order valence-electron chi connectivity index (χ1n) is 7.65. The van der Waals surface area contributed by atoms with Gasteiger partial charge in [-0.05, 0) is 44.9 Å². The molecule has 0 aromatic rings. The Labute approximate surface area is 114 Å². The summed E-state index contributed by atoms with van der Waals surface area (Å²) in [5, 5.41) is 15.8. The SMILES string of the molecule is O=C(NCC1(O)CCC1)NC1CCN(C2CC2)CC1. The molecule has 0 spiro atoms. The third kappa shape index (κ3) is 3.39. The summed E-state index contributed by atoms with van der Waals surface area (Å²) in [6.07, 6.45) is 7.51. The van der Waals surface area contributed by atoms with Crippen molar-refractivity contribution in [3.63, 3.8) is 0 Å². The molecule has 0 bridgehead atoms. The molecular weight excluding hydrogens is 242 g/mol. The van der Waals surface area contributed by atoms with E-state index >= 15 is 0 Å². The van der Waals surface area contributed by atoms with Gasteiger partial charge in [0.25, 0.3) is 0 Å². The lowest BCUT2D eigenvalue weighted by atomic mass is 9.80. The summed E-state index contributed by atoms with van der Waals surface area (Å²) < 4.78 is 0. The van der Waals surface area contributed by atoms with Crippen LogP contribution in [0.1, 0.15) is 44.9 Å². The van der Waals surface area contributed by atoms with E-state index in [1.54, 1.807) is 0 Å². The molecule has 0 aromatic heterocycles. The summed E-state index contributed by atoms with van der Waals surface area (Å²) in [6.45, 7) is 2.61. The number of hydrogen-bond acceptors (Lipinski definition) is 3. The molecule has 108 valence electrons. The normalized spacial score (nSPS) is 27.6. The molecule has 1 heterocycles. The second kappa shape index (κ2) is 5.29. The Hall–Kier alpha value is -0.810.